The molecule has 0 spiro atoms. The predicted octanol–water partition coefficient (Wildman–Crippen LogP) is 1.69. The van der Waals surface area contributed by atoms with Gasteiger partial charge in [0.2, 0.25) is 0 Å². The van der Waals surface area contributed by atoms with E-state index in [0.29, 0.717) is 12.8 Å². The van der Waals surface area contributed by atoms with E-state index in [1.165, 1.54) is 0 Å². The number of methoxy groups -OCH3 is 1. The van der Waals surface area contributed by atoms with Crippen LogP contribution in [0.5, 0.6) is 0 Å². The van der Waals surface area contributed by atoms with Crippen LogP contribution in [0, 0.1) is 0 Å². The molecule has 6 nitrogen and oxygen atoms in total. The number of aromatic amines is 1. The first-order chi connectivity index (χ1) is 9.73. The molecule has 1 amide bonds. The van der Waals surface area contributed by atoms with Crippen molar-refractivity contribution in [3.8, 4) is 0 Å². The fourth-order valence-electron chi connectivity index (χ4n) is 2.61. The van der Waals surface area contributed by atoms with Gasteiger partial charge in [-0.05, 0) is 44.1 Å². The van der Waals surface area contributed by atoms with E-state index < -0.39 is 5.60 Å². The first-order valence-corrected chi connectivity index (χ1v) is 6.74. The molecule has 0 unspecified atom stereocenters. The molecule has 1 fully saturated rings. The number of nitrogens with zero attached hydrogens (tertiary/aromatic N) is 1. The number of rotatable bonds is 3. The summed E-state index contributed by atoms with van der Waals surface area (Å²) >= 11 is 0. The summed E-state index contributed by atoms with van der Waals surface area (Å²) in [7, 11) is 1.60. The Hall–Kier alpha value is -1.63. The van der Waals surface area contributed by atoms with Crippen LogP contribution in [0.4, 0.5) is 5.69 Å². The Labute approximate surface area is 129 Å². The van der Waals surface area contributed by atoms with Crippen LogP contribution in [0.15, 0.2) is 24.4 Å². The summed E-state index contributed by atoms with van der Waals surface area (Å²) in [5.74, 6) is -0.0830. The van der Waals surface area contributed by atoms with Gasteiger partial charge in [-0.2, -0.15) is 5.10 Å². The van der Waals surface area contributed by atoms with Gasteiger partial charge in [0.15, 0.2) is 0 Å². The standard InChI is InChI=1S/C14H18N4O2.ClH/c1-20-14(4-6-15-7-5-14)13(19)17-11-3-2-10-9-16-18-12(10)8-11;/h2-3,8-9,15H,4-7H2,1H3,(H,16,18)(H,17,19);1H. The van der Waals surface area contributed by atoms with Crippen molar-refractivity contribution in [2.75, 3.05) is 25.5 Å². The SMILES string of the molecule is COC1(C(=O)Nc2ccc3cn[nH]c3c2)CCNCC1.Cl. The van der Waals surface area contributed by atoms with Gasteiger partial charge in [0.1, 0.15) is 5.60 Å². The maximum atomic E-state index is 12.5. The number of ether oxygens (including phenoxy) is 1. The number of amides is 1. The van der Waals surface area contributed by atoms with Crippen molar-refractivity contribution in [1.82, 2.24) is 15.5 Å². The molecule has 1 aliphatic rings. The molecule has 0 radical (unpaired) electrons. The molecule has 0 aliphatic carbocycles. The lowest BCUT2D eigenvalue weighted by atomic mass is 9.91. The molecule has 1 aliphatic heterocycles. The average Bonchev–Trinajstić information content (AvgIpc) is 2.95. The van der Waals surface area contributed by atoms with Crippen molar-refractivity contribution >= 4 is 34.9 Å². The number of hydrogen-bond acceptors (Lipinski definition) is 4. The topological polar surface area (TPSA) is 79.0 Å². The number of halogens is 1. The molecule has 21 heavy (non-hydrogen) atoms. The van der Waals surface area contributed by atoms with Gasteiger partial charge in [0.05, 0.1) is 11.7 Å². The van der Waals surface area contributed by atoms with E-state index in [9.17, 15) is 4.79 Å². The zero-order chi connectivity index (χ0) is 14.0. The number of carbonyl (C=O) groups excluding carboxylic acids is 1. The highest BCUT2D eigenvalue weighted by molar-refractivity contribution is 5.98. The largest absolute Gasteiger partial charge is 0.368 e. The number of benzene rings is 1. The second-order valence-electron chi connectivity index (χ2n) is 5.07. The number of fused-ring (bicyclic) bond motifs is 1. The number of hydrogen-bond donors (Lipinski definition) is 3. The van der Waals surface area contributed by atoms with Crippen molar-refractivity contribution < 1.29 is 9.53 Å². The summed E-state index contributed by atoms with van der Waals surface area (Å²) in [6, 6.07) is 5.68. The first kappa shape index (κ1) is 15.8. The van der Waals surface area contributed by atoms with Crippen LogP contribution >= 0.6 is 12.4 Å². The fourth-order valence-corrected chi connectivity index (χ4v) is 2.61. The summed E-state index contributed by atoms with van der Waals surface area (Å²) < 4.78 is 5.51. The van der Waals surface area contributed by atoms with Crippen LogP contribution in [0.25, 0.3) is 10.9 Å². The van der Waals surface area contributed by atoms with Crippen molar-refractivity contribution in [2.45, 2.75) is 18.4 Å². The zero-order valence-corrected chi connectivity index (χ0v) is 12.6. The van der Waals surface area contributed by atoms with Gasteiger partial charge >= 0.3 is 0 Å². The number of anilines is 1. The third-order valence-corrected chi connectivity index (χ3v) is 3.92. The number of H-pyrrole nitrogens is 1. The van der Waals surface area contributed by atoms with Gasteiger partial charge in [-0.1, -0.05) is 0 Å². The molecular formula is C14H19ClN4O2. The van der Waals surface area contributed by atoms with Gasteiger partial charge in [0.25, 0.3) is 5.91 Å². The van der Waals surface area contributed by atoms with Crippen LogP contribution < -0.4 is 10.6 Å². The molecule has 0 saturated carbocycles. The summed E-state index contributed by atoms with van der Waals surface area (Å²) in [4.78, 5) is 12.5. The minimum Gasteiger partial charge on any atom is -0.368 e. The van der Waals surface area contributed by atoms with Crippen molar-refractivity contribution in [3.05, 3.63) is 24.4 Å². The first-order valence-electron chi connectivity index (χ1n) is 6.74. The van der Waals surface area contributed by atoms with Gasteiger partial charge < -0.3 is 15.4 Å². The van der Waals surface area contributed by atoms with Crippen LogP contribution in [0.2, 0.25) is 0 Å². The highest BCUT2D eigenvalue weighted by Gasteiger charge is 2.39. The lowest BCUT2D eigenvalue weighted by molar-refractivity contribution is -0.140. The highest BCUT2D eigenvalue weighted by Crippen LogP contribution is 2.25. The summed E-state index contributed by atoms with van der Waals surface area (Å²) in [6.07, 6.45) is 3.12. The molecule has 2 heterocycles. The normalized spacial score (nSPS) is 17.2. The Bertz CT molecular complexity index is 622. The minimum absolute atomic E-state index is 0. The third-order valence-electron chi connectivity index (χ3n) is 3.92. The maximum Gasteiger partial charge on any atom is 0.256 e. The summed E-state index contributed by atoms with van der Waals surface area (Å²) in [5.41, 5.74) is 0.926. The van der Waals surface area contributed by atoms with Crippen LogP contribution in [-0.4, -0.2) is 41.9 Å². The smallest absolute Gasteiger partial charge is 0.256 e. The van der Waals surface area contributed by atoms with Crippen molar-refractivity contribution in [2.24, 2.45) is 0 Å². The predicted molar refractivity (Wildman–Crippen MR) is 83.8 cm³/mol. The lowest BCUT2D eigenvalue weighted by Crippen LogP contribution is -2.51. The molecule has 3 N–H and O–H groups in total. The second kappa shape index (κ2) is 6.43. The van der Waals surface area contributed by atoms with E-state index in [4.69, 9.17) is 4.74 Å². The molecule has 0 bridgehead atoms. The maximum absolute atomic E-state index is 12.5. The number of nitrogens with one attached hydrogen (secondary N) is 3. The summed E-state index contributed by atoms with van der Waals surface area (Å²) in [5, 5.41) is 14.1. The van der Waals surface area contributed by atoms with Crippen LogP contribution in [-0.2, 0) is 9.53 Å². The number of carbonyl (C=O) groups is 1. The van der Waals surface area contributed by atoms with Crippen molar-refractivity contribution in [1.29, 1.82) is 0 Å². The lowest BCUT2D eigenvalue weighted by Gasteiger charge is -2.34. The van der Waals surface area contributed by atoms with Crippen LogP contribution in [0.3, 0.4) is 0 Å². The average molecular weight is 311 g/mol. The molecule has 3 rings (SSSR count). The Morgan fingerprint density at radius 3 is 2.86 bits per heavy atom. The van der Waals surface area contributed by atoms with Gasteiger partial charge in [-0.15, -0.1) is 12.4 Å². The molecule has 1 saturated heterocycles. The number of piperidine rings is 1. The van der Waals surface area contributed by atoms with Gasteiger partial charge in [-0.3, -0.25) is 9.89 Å². The third kappa shape index (κ3) is 3.02. The van der Waals surface area contributed by atoms with Gasteiger partial charge in [0, 0.05) is 18.2 Å². The van der Waals surface area contributed by atoms with E-state index in [2.05, 4.69) is 20.8 Å². The van der Waals surface area contributed by atoms with Gasteiger partial charge in [-0.25, -0.2) is 0 Å². The fraction of sp³-hybridized carbons (Fsp3) is 0.429. The molecule has 7 heteroatoms. The monoisotopic (exact) mass is 310 g/mol. The highest BCUT2D eigenvalue weighted by atomic mass is 35.5. The second-order valence-corrected chi connectivity index (χ2v) is 5.07. The van der Waals surface area contributed by atoms with E-state index in [-0.39, 0.29) is 18.3 Å². The Morgan fingerprint density at radius 2 is 2.14 bits per heavy atom. The van der Waals surface area contributed by atoms with E-state index in [1.54, 1.807) is 13.3 Å². The van der Waals surface area contributed by atoms with E-state index in [0.717, 1.165) is 29.7 Å². The number of aromatic nitrogens is 2. The molecule has 1 aromatic heterocycles. The quantitative estimate of drug-likeness (QED) is 0.806. The Kier molecular flexibility index (Phi) is 4.82. The Balaban J connectivity index is 0.00000161. The summed E-state index contributed by atoms with van der Waals surface area (Å²) in [6.45, 7) is 1.59. The molecule has 0 atom stereocenters. The van der Waals surface area contributed by atoms with Crippen molar-refractivity contribution in [3.63, 3.8) is 0 Å². The van der Waals surface area contributed by atoms with Crippen LogP contribution in [0.1, 0.15) is 12.8 Å². The molecular weight excluding hydrogens is 292 g/mol. The molecule has 1 aromatic carbocycles. The molecule has 2 aromatic rings. The zero-order valence-electron chi connectivity index (χ0n) is 11.8. The van der Waals surface area contributed by atoms with E-state index in [1.807, 2.05) is 18.2 Å². The molecule has 114 valence electrons. The Morgan fingerprint density at radius 1 is 1.38 bits per heavy atom. The van der Waals surface area contributed by atoms with E-state index >= 15 is 0 Å². The minimum atomic E-state index is -0.728.